The topological polar surface area (TPSA) is 88.3 Å². The Labute approximate surface area is 174 Å². The van der Waals surface area contributed by atoms with Gasteiger partial charge < -0.3 is 14.7 Å². The Hall–Kier alpha value is -3.69. The molecule has 2 heterocycles. The first-order valence-electron chi connectivity index (χ1n) is 9.40. The van der Waals surface area contributed by atoms with E-state index in [1.807, 2.05) is 0 Å². The van der Waals surface area contributed by atoms with Crippen molar-refractivity contribution in [3.05, 3.63) is 60.0 Å². The standard InChI is InChI=1S/C21H17F3N4O3/c1-12-25-19(27-31-12)13-4-2-7-17(8-13)28-11-14(9-18(28)29)20(30)26-16-6-3-5-15(10-16)21(22,23)24/h2-8,10,14H,9,11H2,1H3,(H,26,30). The lowest BCUT2D eigenvalue weighted by Crippen LogP contribution is -2.28. The summed E-state index contributed by atoms with van der Waals surface area (Å²) in [5.41, 5.74) is 0.390. The monoisotopic (exact) mass is 430 g/mol. The van der Waals surface area contributed by atoms with Crippen LogP contribution < -0.4 is 10.2 Å². The third-order valence-corrected chi connectivity index (χ3v) is 4.90. The Bertz CT molecular complexity index is 1140. The van der Waals surface area contributed by atoms with Gasteiger partial charge in [-0.3, -0.25) is 9.59 Å². The van der Waals surface area contributed by atoms with Gasteiger partial charge in [0.1, 0.15) is 0 Å². The molecule has 31 heavy (non-hydrogen) atoms. The zero-order chi connectivity index (χ0) is 22.2. The highest BCUT2D eigenvalue weighted by Gasteiger charge is 2.36. The predicted molar refractivity (Wildman–Crippen MR) is 105 cm³/mol. The molecule has 0 saturated carbocycles. The highest BCUT2D eigenvalue weighted by molar-refractivity contribution is 6.03. The molecule has 0 radical (unpaired) electrons. The van der Waals surface area contributed by atoms with Crippen molar-refractivity contribution in [3.63, 3.8) is 0 Å². The molecular weight excluding hydrogens is 413 g/mol. The summed E-state index contributed by atoms with van der Waals surface area (Å²) in [6, 6.07) is 11.3. The number of halogens is 3. The zero-order valence-corrected chi connectivity index (χ0v) is 16.3. The number of nitrogens with zero attached hydrogens (tertiary/aromatic N) is 3. The fourth-order valence-electron chi connectivity index (χ4n) is 3.38. The summed E-state index contributed by atoms with van der Waals surface area (Å²) in [6.07, 6.45) is -4.56. The van der Waals surface area contributed by atoms with Crippen molar-refractivity contribution in [1.82, 2.24) is 10.1 Å². The van der Waals surface area contributed by atoms with Gasteiger partial charge >= 0.3 is 6.18 Å². The average molecular weight is 430 g/mol. The Morgan fingerprint density at radius 1 is 1.19 bits per heavy atom. The molecule has 0 spiro atoms. The fourth-order valence-corrected chi connectivity index (χ4v) is 3.38. The molecule has 3 aromatic rings. The van der Waals surface area contributed by atoms with Crippen LogP contribution in [-0.4, -0.2) is 28.5 Å². The van der Waals surface area contributed by atoms with Crippen molar-refractivity contribution in [1.29, 1.82) is 0 Å². The van der Waals surface area contributed by atoms with E-state index in [4.69, 9.17) is 4.52 Å². The third kappa shape index (κ3) is 4.42. The van der Waals surface area contributed by atoms with Gasteiger partial charge in [-0.25, -0.2) is 0 Å². The summed E-state index contributed by atoms with van der Waals surface area (Å²) in [5, 5.41) is 6.33. The first-order chi connectivity index (χ1) is 14.7. The van der Waals surface area contributed by atoms with E-state index < -0.39 is 23.6 Å². The molecule has 1 aromatic heterocycles. The number of carbonyl (C=O) groups excluding carboxylic acids is 2. The summed E-state index contributed by atoms with van der Waals surface area (Å²) in [6.45, 7) is 1.77. The van der Waals surface area contributed by atoms with Crippen LogP contribution in [0.4, 0.5) is 24.5 Å². The van der Waals surface area contributed by atoms with Gasteiger partial charge in [-0.15, -0.1) is 0 Å². The SMILES string of the molecule is Cc1nc(-c2cccc(N3CC(C(=O)Nc4cccc(C(F)(F)F)c4)CC3=O)c2)no1. The second-order valence-electron chi connectivity index (χ2n) is 7.16. The van der Waals surface area contributed by atoms with Gasteiger partial charge in [-0.1, -0.05) is 23.4 Å². The lowest BCUT2D eigenvalue weighted by molar-refractivity contribution is -0.137. The quantitative estimate of drug-likeness (QED) is 0.675. The maximum absolute atomic E-state index is 12.9. The Kier molecular flexibility index (Phi) is 5.22. The molecule has 1 aliphatic rings. The van der Waals surface area contributed by atoms with Gasteiger partial charge in [0.15, 0.2) is 0 Å². The second-order valence-corrected chi connectivity index (χ2v) is 7.16. The first-order valence-corrected chi connectivity index (χ1v) is 9.40. The van der Waals surface area contributed by atoms with Crippen LogP contribution in [0.3, 0.4) is 0 Å². The number of hydrogen-bond acceptors (Lipinski definition) is 5. The Morgan fingerprint density at radius 2 is 1.97 bits per heavy atom. The predicted octanol–water partition coefficient (Wildman–Crippen LogP) is 4.06. The number of alkyl halides is 3. The number of nitrogens with one attached hydrogen (secondary N) is 1. The van der Waals surface area contributed by atoms with Crippen LogP contribution in [0.25, 0.3) is 11.4 Å². The number of aryl methyl sites for hydroxylation is 1. The van der Waals surface area contributed by atoms with E-state index in [1.54, 1.807) is 31.2 Å². The van der Waals surface area contributed by atoms with E-state index in [-0.39, 0.29) is 24.6 Å². The van der Waals surface area contributed by atoms with Gasteiger partial charge in [0.05, 0.1) is 11.5 Å². The van der Waals surface area contributed by atoms with E-state index in [0.29, 0.717) is 23.0 Å². The molecule has 1 fully saturated rings. The lowest BCUT2D eigenvalue weighted by Gasteiger charge is -2.17. The van der Waals surface area contributed by atoms with Crippen LogP contribution in [0, 0.1) is 12.8 Å². The summed E-state index contributed by atoms with van der Waals surface area (Å²) in [5.74, 6) is -0.683. The van der Waals surface area contributed by atoms with Crippen molar-refractivity contribution in [2.24, 2.45) is 5.92 Å². The van der Waals surface area contributed by atoms with Gasteiger partial charge in [-0.2, -0.15) is 18.2 Å². The van der Waals surface area contributed by atoms with Gasteiger partial charge in [-0.05, 0) is 30.3 Å². The lowest BCUT2D eigenvalue weighted by atomic mass is 10.1. The molecule has 0 bridgehead atoms. The van der Waals surface area contributed by atoms with Crippen LogP contribution in [0.1, 0.15) is 17.9 Å². The van der Waals surface area contributed by atoms with Crippen molar-refractivity contribution in [3.8, 4) is 11.4 Å². The van der Waals surface area contributed by atoms with Crippen LogP contribution in [0.2, 0.25) is 0 Å². The van der Waals surface area contributed by atoms with Crippen LogP contribution in [0.15, 0.2) is 53.1 Å². The van der Waals surface area contributed by atoms with Gasteiger partial charge in [0.2, 0.25) is 23.5 Å². The van der Waals surface area contributed by atoms with E-state index in [9.17, 15) is 22.8 Å². The second kappa shape index (κ2) is 7.86. The summed E-state index contributed by atoms with van der Waals surface area (Å²) in [4.78, 5) is 30.7. The van der Waals surface area contributed by atoms with Crippen molar-refractivity contribution < 1.29 is 27.3 Å². The highest BCUT2D eigenvalue weighted by atomic mass is 19.4. The molecule has 4 rings (SSSR count). The normalized spacial score (nSPS) is 16.6. The minimum Gasteiger partial charge on any atom is -0.339 e. The van der Waals surface area contributed by atoms with Crippen molar-refractivity contribution in [2.45, 2.75) is 19.5 Å². The minimum absolute atomic E-state index is 0.0280. The molecule has 1 aliphatic heterocycles. The maximum atomic E-state index is 12.9. The summed E-state index contributed by atoms with van der Waals surface area (Å²) < 4.78 is 43.6. The number of benzene rings is 2. The highest BCUT2D eigenvalue weighted by Crippen LogP contribution is 2.32. The molecule has 1 unspecified atom stereocenters. The van der Waals surface area contributed by atoms with Crippen LogP contribution in [0.5, 0.6) is 0 Å². The Morgan fingerprint density at radius 3 is 2.68 bits per heavy atom. The molecule has 1 N–H and O–H groups in total. The average Bonchev–Trinajstić information content (AvgIpc) is 3.33. The zero-order valence-electron chi connectivity index (χ0n) is 16.3. The largest absolute Gasteiger partial charge is 0.416 e. The smallest absolute Gasteiger partial charge is 0.339 e. The molecule has 160 valence electrons. The van der Waals surface area contributed by atoms with Gasteiger partial charge in [0.25, 0.3) is 0 Å². The van der Waals surface area contributed by atoms with Crippen molar-refractivity contribution in [2.75, 3.05) is 16.8 Å². The van der Waals surface area contributed by atoms with E-state index >= 15 is 0 Å². The number of aromatic nitrogens is 2. The minimum atomic E-state index is -4.51. The van der Waals surface area contributed by atoms with Crippen LogP contribution >= 0.6 is 0 Å². The number of rotatable bonds is 4. The number of hydrogen-bond donors (Lipinski definition) is 1. The summed E-state index contributed by atoms with van der Waals surface area (Å²) >= 11 is 0. The number of amides is 2. The molecule has 2 amide bonds. The number of carbonyl (C=O) groups is 2. The van der Waals surface area contributed by atoms with E-state index in [2.05, 4.69) is 15.5 Å². The molecule has 1 atom stereocenters. The van der Waals surface area contributed by atoms with Gasteiger partial charge in [0, 0.05) is 36.8 Å². The summed E-state index contributed by atoms with van der Waals surface area (Å²) in [7, 11) is 0. The molecule has 10 heteroatoms. The molecule has 1 saturated heterocycles. The first kappa shape index (κ1) is 20.6. The molecule has 0 aliphatic carbocycles. The third-order valence-electron chi connectivity index (χ3n) is 4.90. The molecule has 7 nitrogen and oxygen atoms in total. The fraction of sp³-hybridized carbons (Fsp3) is 0.238. The maximum Gasteiger partial charge on any atom is 0.416 e. The van der Waals surface area contributed by atoms with E-state index in [1.165, 1.54) is 17.0 Å². The number of anilines is 2. The van der Waals surface area contributed by atoms with Crippen LogP contribution in [-0.2, 0) is 15.8 Å². The molecular formula is C21H17F3N4O3. The van der Waals surface area contributed by atoms with Crippen molar-refractivity contribution >= 4 is 23.2 Å². The Balaban J connectivity index is 1.48. The molecule has 2 aromatic carbocycles. The van der Waals surface area contributed by atoms with E-state index in [0.717, 1.165) is 12.1 Å².